The Bertz CT molecular complexity index is 215. The molecule has 0 bridgehead atoms. The van der Waals surface area contributed by atoms with Gasteiger partial charge < -0.3 is 5.41 Å². The van der Waals surface area contributed by atoms with Crippen molar-refractivity contribution in [2.75, 3.05) is 0 Å². The van der Waals surface area contributed by atoms with Crippen molar-refractivity contribution in [3.63, 3.8) is 0 Å². The van der Waals surface area contributed by atoms with E-state index in [-0.39, 0.29) is 17.0 Å². The summed E-state index contributed by atoms with van der Waals surface area (Å²) in [5, 5.41) is 8.36. The summed E-state index contributed by atoms with van der Waals surface area (Å²) in [6.45, 7) is 4.55. The van der Waals surface area contributed by atoms with Gasteiger partial charge in [0.15, 0.2) is 0 Å². The molecule has 0 unspecified atom stereocenters. The predicted octanol–water partition coefficient (Wildman–Crippen LogP) is 6.31. The molecule has 0 aromatic carbocycles. The lowest BCUT2D eigenvalue weighted by Crippen LogP contribution is -2.33. The second kappa shape index (κ2) is 10.00. The summed E-state index contributed by atoms with van der Waals surface area (Å²) in [7, 11) is 0. The highest BCUT2D eigenvalue weighted by atomic mass is 79.9. The molecular weight excluding hydrogens is 286 g/mol. The van der Waals surface area contributed by atoms with Gasteiger partial charge in [0.05, 0.1) is 0 Å². The lowest BCUT2D eigenvalue weighted by molar-refractivity contribution is 0.272. The number of hydrogen-bond donors (Lipinski definition) is 1. The second-order valence-electron chi connectivity index (χ2n) is 5.88. The summed E-state index contributed by atoms with van der Waals surface area (Å²) >= 11 is 0. The average molecular weight is 318 g/mol. The lowest BCUT2D eigenvalue weighted by atomic mass is 9.66. The molecule has 108 valence electrons. The van der Waals surface area contributed by atoms with E-state index in [4.69, 9.17) is 5.41 Å². The number of rotatable bonds is 8. The Kier molecular flexibility index (Phi) is 10.1. The van der Waals surface area contributed by atoms with E-state index in [0.717, 1.165) is 12.1 Å². The monoisotopic (exact) mass is 317 g/mol. The minimum Gasteiger partial charge on any atom is -0.309 e. The van der Waals surface area contributed by atoms with E-state index in [0.29, 0.717) is 5.41 Å². The first-order valence-electron chi connectivity index (χ1n) is 7.83. The average Bonchev–Trinajstić information content (AvgIpc) is 2.33. The molecule has 2 heteroatoms. The molecule has 1 aliphatic carbocycles. The summed E-state index contributed by atoms with van der Waals surface area (Å²) in [4.78, 5) is 0. The van der Waals surface area contributed by atoms with Crippen molar-refractivity contribution in [2.45, 2.75) is 90.9 Å². The highest BCUT2D eigenvalue weighted by molar-refractivity contribution is 8.93. The van der Waals surface area contributed by atoms with Gasteiger partial charge in [-0.2, -0.15) is 0 Å². The topological polar surface area (TPSA) is 23.9 Å². The molecule has 0 aromatic rings. The Hall–Kier alpha value is 0.150. The third-order valence-corrected chi connectivity index (χ3v) is 4.49. The zero-order chi connectivity index (χ0) is 12.6. The first-order chi connectivity index (χ1) is 8.25. The largest absolute Gasteiger partial charge is 0.309 e. The summed E-state index contributed by atoms with van der Waals surface area (Å²) in [6.07, 6.45) is 15.6. The fraction of sp³-hybridized carbons (Fsp3) is 0.938. The van der Waals surface area contributed by atoms with Crippen LogP contribution in [0.3, 0.4) is 0 Å². The Labute approximate surface area is 124 Å². The third-order valence-electron chi connectivity index (χ3n) is 4.49. The third kappa shape index (κ3) is 5.42. The number of unbranched alkanes of at least 4 members (excludes halogenated alkanes) is 4. The first kappa shape index (κ1) is 18.1. The lowest BCUT2D eigenvalue weighted by Gasteiger charge is -2.38. The van der Waals surface area contributed by atoms with Crippen LogP contribution < -0.4 is 0 Å². The van der Waals surface area contributed by atoms with Crippen molar-refractivity contribution in [1.29, 1.82) is 5.41 Å². The predicted molar refractivity (Wildman–Crippen MR) is 87.2 cm³/mol. The molecule has 0 aromatic heterocycles. The Morgan fingerprint density at radius 1 is 0.944 bits per heavy atom. The highest BCUT2D eigenvalue weighted by Gasteiger charge is 2.35. The van der Waals surface area contributed by atoms with Gasteiger partial charge in [0, 0.05) is 11.1 Å². The smallest absolute Gasteiger partial charge is 0.0151 e. The molecule has 0 radical (unpaired) electrons. The molecule has 0 spiro atoms. The van der Waals surface area contributed by atoms with Crippen LogP contribution in [0.25, 0.3) is 0 Å². The van der Waals surface area contributed by atoms with E-state index >= 15 is 0 Å². The number of halogens is 1. The molecular formula is C16H32BrN. The SMILES string of the molecule is Br.CCCCCC1(CCCCC)CCCCC1=N. The molecule has 1 N–H and O–H groups in total. The molecule has 1 nitrogen and oxygen atoms in total. The molecule has 0 aliphatic heterocycles. The van der Waals surface area contributed by atoms with E-state index < -0.39 is 0 Å². The van der Waals surface area contributed by atoms with E-state index in [9.17, 15) is 0 Å². The van der Waals surface area contributed by atoms with Gasteiger partial charge in [-0.15, -0.1) is 17.0 Å². The fourth-order valence-corrected chi connectivity index (χ4v) is 3.28. The van der Waals surface area contributed by atoms with Crippen LogP contribution in [0, 0.1) is 10.8 Å². The van der Waals surface area contributed by atoms with Gasteiger partial charge in [0.1, 0.15) is 0 Å². The minimum atomic E-state index is 0. The van der Waals surface area contributed by atoms with Crippen molar-refractivity contribution in [3.05, 3.63) is 0 Å². The highest BCUT2D eigenvalue weighted by Crippen LogP contribution is 2.42. The second-order valence-corrected chi connectivity index (χ2v) is 5.88. The maximum Gasteiger partial charge on any atom is 0.0151 e. The molecule has 1 saturated carbocycles. The summed E-state index contributed by atoms with van der Waals surface area (Å²) < 4.78 is 0. The normalized spacial score (nSPS) is 18.4. The van der Waals surface area contributed by atoms with Gasteiger partial charge in [-0.3, -0.25) is 0 Å². The molecule has 0 heterocycles. The standard InChI is InChI=1S/C16H31N.BrH/c1-3-5-8-12-16(13-9-6-4-2)14-10-7-11-15(16)17;/h17H,3-14H2,1-2H3;1H. The number of nitrogens with one attached hydrogen (secondary N) is 1. The first-order valence-corrected chi connectivity index (χ1v) is 7.83. The Morgan fingerprint density at radius 3 is 1.94 bits per heavy atom. The minimum absolute atomic E-state index is 0. The maximum atomic E-state index is 8.36. The summed E-state index contributed by atoms with van der Waals surface area (Å²) in [6, 6.07) is 0. The fourth-order valence-electron chi connectivity index (χ4n) is 3.28. The van der Waals surface area contributed by atoms with E-state index in [1.54, 1.807) is 0 Å². The quantitative estimate of drug-likeness (QED) is 0.507. The number of hydrogen-bond acceptors (Lipinski definition) is 1. The van der Waals surface area contributed by atoms with E-state index in [1.807, 2.05) is 0 Å². The van der Waals surface area contributed by atoms with Crippen molar-refractivity contribution in [2.24, 2.45) is 5.41 Å². The van der Waals surface area contributed by atoms with Gasteiger partial charge in [0.25, 0.3) is 0 Å². The van der Waals surface area contributed by atoms with Gasteiger partial charge in [-0.25, -0.2) is 0 Å². The van der Waals surface area contributed by atoms with Crippen LogP contribution in [0.15, 0.2) is 0 Å². The van der Waals surface area contributed by atoms with Crippen LogP contribution in [0.2, 0.25) is 0 Å². The van der Waals surface area contributed by atoms with E-state index in [1.165, 1.54) is 70.6 Å². The van der Waals surface area contributed by atoms with Crippen LogP contribution >= 0.6 is 17.0 Å². The van der Waals surface area contributed by atoms with Crippen molar-refractivity contribution in [3.8, 4) is 0 Å². The van der Waals surface area contributed by atoms with Crippen LogP contribution in [0.4, 0.5) is 0 Å². The summed E-state index contributed by atoms with van der Waals surface area (Å²) in [5.41, 5.74) is 1.42. The van der Waals surface area contributed by atoms with E-state index in [2.05, 4.69) is 13.8 Å². The van der Waals surface area contributed by atoms with Gasteiger partial charge in [-0.1, -0.05) is 58.8 Å². The van der Waals surface area contributed by atoms with Gasteiger partial charge in [0.2, 0.25) is 0 Å². The summed E-state index contributed by atoms with van der Waals surface area (Å²) in [5.74, 6) is 0. The molecule has 1 aliphatic rings. The zero-order valence-electron chi connectivity index (χ0n) is 12.4. The molecule has 18 heavy (non-hydrogen) atoms. The Balaban J connectivity index is 0.00000289. The zero-order valence-corrected chi connectivity index (χ0v) is 14.1. The van der Waals surface area contributed by atoms with Crippen molar-refractivity contribution >= 4 is 22.7 Å². The molecule has 1 rings (SSSR count). The molecule has 0 saturated heterocycles. The molecule has 1 fully saturated rings. The van der Waals surface area contributed by atoms with Crippen LogP contribution in [0.1, 0.15) is 90.9 Å². The van der Waals surface area contributed by atoms with Crippen molar-refractivity contribution < 1.29 is 0 Å². The van der Waals surface area contributed by atoms with Crippen molar-refractivity contribution in [1.82, 2.24) is 0 Å². The van der Waals surface area contributed by atoms with Crippen LogP contribution in [0.5, 0.6) is 0 Å². The maximum absolute atomic E-state index is 8.36. The van der Waals surface area contributed by atoms with Gasteiger partial charge in [-0.05, 0) is 32.1 Å². The molecule has 0 amide bonds. The molecule has 0 atom stereocenters. The van der Waals surface area contributed by atoms with Crippen LogP contribution in [-0.4, -0.2) is 5.71 Å². The Morgan fingerprint density at radius 2 is 1.50 bits per heavy atom. The van der Waals surface area contributed by atoms with Crippen LogP contribution in [-0.2, 0) is 0 Å². The van der Waals surface area contributed by atoms with Gasteiger partial charge >= 0.3 is 0 Å².